The van der Waals surface area contributed by atoms with E-state index in [0.717, 1.165) is 12.8 Å². The standard InChI is InChI=1S/C25H25.C9H13.C6H5.CH3.CH2.2ClH.Zr/c1-14-12-24(3,4)22-8-16-7-17-9-23-19(15(2)13-25(23,5)6)11-21(17)20(16)10-18(14)22;1-9(2,3)8-6-4-5-7-8;1-2-4-6-5-3-1;;;;;/h8-12H,7H2,1-6H3;6-7H,4H2,1-3H3;1-5H;1H3;1H2;2*1H;/q4*-1;;;;. The monoisotopic (exact) mass is 714 g/mol. The minimum atomic E-state index is 0. The molecule has 3 aromatic carbocycles. The molecule has 45 heavy (non-hydrogen) atoms. The van der Waals surface area contributed by atoms with Crippen LogP contribution in [0, 0.1) is 31.1 Å². The summed E-state index contributed by atoms with van der Waals surface area (Å²) in [5.41, 5.74) is 16.3. The van der Waals surface area contributed by atoms with Crippen molar-refractivity contribution in [2.45, 2.75) is 86.0 Å². The van der Waals surface area contributed by atoms with Crippen LogP contribution in [-0.2, 0) is 41.5 Å². The van der Waals surface area contributed by atoms with E-state index in [1.54, 1.807) is 0 Å². The van der Waals surface area contributed by atoms with Gasteiger partial charge in [-0.15, -0.1) is 42.9 Å². The minimum Gasteiger partial charge on any atom is -0.358 e. The van der Waals surface area contributed by atoms with Gasteiger partial charge in [0, 0.05) is 5.41 Å². The van der Waals surface area contributed by atoms with Gasteiger partial charge in [0.2, 0.25) is 0 Å². The Bertz CT molecular complexity index is 1480. The second-order valence-electron chi connectivity index (χ2n) is 13.8. The van der Waals surface area contributed by atoms with E-state index in [2.05, 4.69) is 127 Å². The average Bonchev–Trinajstić information content (AvgIpc) is 3.70. The van der Waals surface area contributed by atoms with Gasteiger partial charge in [-0.25, -0.2) is 11.6 Å². The summed E-state index contributed by atoms with van der Waals surface area (Å²) >= 11 is 1.30. The van der Waals surface area contributed by atoms with Crippen molar-refractivity contribution in [3.05, 3.63) is 137 Å². The number of allylic oxidation sites excluding steroid dienone is 8. The summed E-state index contributed by atoms with van der Waals surface area (Å²) in [5.74, 6) is 0. The molecule has 4 aliphatic rings. The van der Waals surface area contributed by atoms with Crippen LogP contribution in [0.4, 0.5) is 0 Å². The second kappa shape index (κ2) is 16.2. The number of hydrogen-bond acceptors (Lipinski definition) is 0. The van der Waals surface area contributed by atoms with Crippen molar-refractivity contribution in [2.24, 2.45) is 5.41 Å². The van der Waals surface area contributed by atoms with Crippen LogP contribution < -0.4 is 0 Å². The molecule has 0 nitrogen and oxygen atoms in total. The van der Waals surface area contributed by atoms with Crippen LogP contribution in [0.1, 0.15) is 102 Å². The van der Waals surface area contributed by atoms with Crippen molar-refractivity contribution in [1.29, 1.82) is 0 Å². The number of benzene rings is 3. The topological polar surface area (TPSA) is 0 Å². The minimum absolute atomic E-state index is 0. The van der Waals surface area contributed by atoms with Gasteiger partial charge in [-0.2, -0.15) is 53.6 Å². The van der Waals surface area contributed by atoms with Crippen molar-refractivity contribution in [2.75, 3.05) is 0 Å². The van der Waals surface area contributed by atoms with Crippen molar-refractivity contribution in [3.63, 3.8) is 0 Å². The third kappa shape index (κ3) is 8.86. The van der Waals surface area contributed by atoms with Gasteiger partial charge < -0.3 is 7.43 Å². The molecule has 240 valence electrons. The summed E-state index contributed by atoms with van der Waals surface area (Å²) in [4.78, 5) is 0. The Hall–Kier alpha value is -2.05. The van der Waals surface area contributed by atoms with Crippen LogP contribution in [0.2, 0.25) is 0 Å². The quantitative estimate of drug-likeness (QED) is 0.159. The first-order valence-electron chi connectivity index (χ1n) is 15.0. The number of fused-ring (bicyclic) bond motifs is 5. The van der Waals surface area contributed by atoms with Gasteiger partial charge in [0.05, 0.1) is 0 Å². The van der Waals surface area contributed by atoms with Gasteiger partial charge in [-0.05, 0) is 58.4 Å². The molecular weight excluding hydrogens is 667 g/mol. The van der Waals surface area contributed by atoms with Crippen molar-refractivity contribution >= 4 is 40.2 Å². The molecule has 0 aliphatic heterocycles. The summed E-state index contributed by atoms with van der Waals surface area (Å²) in [6, 6.07) is 22.3. The molecule has 0 bridgehead atoms. The third-order valence-electron chi connectivity index (χ3n) is 8.60. The van der Waals surface area contributed by atoms with Crippen LogP contribution in [-0.4, -0.2) is 4.21 Å². The predicted molar refractivity (Wildman–Crippen MR) is 200 cm³/mol. The Balaban J connectivity index is 0.000000422. The molecular formula is C42H50Cl2Zr-4. The number of rotatable bonds is 0. The van der Waals surface area contributed by atoms with Gasteiger partial charge >= 0.3 is 28.4 Å². The molecule has 3 heteroatoms. The van der Waals surface area contributed by atoms with E-state index < -0.39 is 0 Å². The van der Waals surface area contributed by atoms with Crippen molar-refractivity contribution < 1.29 is 24.2 Å². The summed E-state index contributed by atoms with van der Waals surface area (Å²) in [6.07, 6.45) is 15.6. The Morgan fingerprint density at radius 1 is 0.778 bits per heavy atom. The fourth-order valence-electron chi connectivity index (χ4n) is 6.54. The first-order valence-corrected chi connectivity index (χ1v) is 16.7. The molecule has 0 fully saturated rings. The summed E-state index contributed by atoms with van der Waals surface area (Å²) in [6.45, 7) is 20.4. The van der Waals surface area contributed by atoms with E-state index in [0.29, 0.717) is 5.41 Å². The molecule has 0 radical (unpaired) electrons. The Labute approximate surface area is 302 Å². The Morgan fingerprint density at radius 2 is 1.33 bits per heavy atom. The molecule has 0 spiro atoms. The van der Waals surface area contributed by atoms with E-state index in [9.17, 15) is 0 Å². The first-order chi connectivity index (χ1) is 19.8. The van der Waals surface area contributed by atoms with Crippen LogP contribution in [0.5, 0.6) is 0 Å². The maximum Gasteiger partial charge on any atom is -0.171 e. The summed E-state index contributed by atoms with van der Waals surface area (Å²) in [7, 11) is 0. The fraction of sp³-hybridized carbons (Fsp3) is 0.333. The molecule has 0 saturated heterocycles. The van der Waals surface area contributed by atoms with Gasteiger partial charge in [-0.3, -0.25) is 12.2 Å². The SMILES string of the molecule is CC(C)(C)C1=CC[C-]=C1.CC1=[C-]C(C)(C)c2cc3c(cc21)-c1cc2c(cc1C3)C(C)(C)C=C2C.Cl.Cl.[CH2]=[Zr].[CH3-].[c-]1ccccc1. The molecule has 7 rings (SSSR count). The maximum atomic E-state index is 3.65. The largest absolute Gasteiger partial charge is 0.358 e. The van der Waals surface area contributed by atoms with E-state index >= 15 is 0 Å². The van der Waals surface area contributed by atoms with Crippen LogP contribution in [0.15, 0.2) is 78.4 Å². The summed E-state index contributed by atoms with van der Waals surface area (Å²) in [5, 5.41) is 0. The van der Waals surface area contributed by atoms with E-state index in [-0.39, 0.29) is 43.1 Å². The maximum absolute atomic E-state index is 3.65. The zero-order valence-corrected chi connectivity index (χ0v) is 33.0. The zero-order chi connectivity index (χ0) is 30.9. The normalized spacial score (nSPS) is 16.2. The molecule has 0 heterocycles. The summed E-state index contributed by atoms with van der Waals surface area (Å²) < 4.78 is 3.34. The van der Waals surface area contributed by atoms with E-state index in [1.165, 1.54) is 85.5 Å². The fourth-order valence-corrected chi connectivity index (χ4v) is 6.54. The van der Waals surface area contributed by atoms with Crippen LogP contribution in [0.3, 0.4) is 0 Å². The van der Waals surface area contributed by atoms with E-state index in [4.69, 9.17) is 0 Å². The van der Waals surface area contributed by atoms with Gasteiger partial charge in [0.15, 0.2) is 0 Å². The van der Waals surface area contributed by atoms with Gasteiger partial charge in [0.25, 0.3) is 0 Å². The molecule has 0 atom stereocenters. The van der Waals surface area contributed by atoms with Gasteiger partial charge in [0.1, 0.15) is 0 Å². The van der Waals surface area contributed by atoms with Crippen LogP contribution in [0.25, 0.3) is 22.3 Å². The van der Waals surface area contributed by atoms with Crippen LogP contribution >= 0.6 is 24.8 Å². The first kappa shape index (κ1) is 41.0. The molecule has 3 aromatic rings. The molecule has 0 aromatic heterocycles. The van der Waals surface area contributed by atoms with Gasteiger partial charge in [-0.1, -0.05) is 84.4 Å². The Morgan fingerprint density at radius 3 is 1.78 bits per heavy atom. The zero-order valence-electron chi connectivity index (χ0n) is 28.9. The number of halogens is 2. The number of hydrogen-bond donors (Lipinski definition) is 0. The predicted octanol–water partition coefficient (Wildman–Crippen LogP) is 11.9. The Kier molecular flexibility index (Phi) is 14.7. The smallest absolute Gasteiger partial charge is 0.171 e. The molecule has 4 aliphatic carbocycles. The second-order valence-corrected chi connectivity index (χ2v) is 13.8. The molecule has 0 unspecified atom stereocenters. The average molecular weight is 717 g/mol. The molecule has 0 N–H and O–H groups in total. The van der Waals surface area contributed by atoms with E-state index in [1.807, 2.05) is 30.3 Å². The third-order valence-corrected chi connectivity index (χ3v) is 8.60. The van der Waals surface area contributed by atoms with Crippen molar-refractivity contribution in [3.8, 4) is 11.1 Å². The molecule has 0 saturated carbocycles. The van der Waals surface area contributed by atoms with Crippen molar-refractivity contribution in [1.82, 2.24) is 0 Å². The molecule has 0 amide bonds.